The molecule has 0 aliphatic heterocycles. The van der Waals surface area contributed by atoms with Gasteiger partial charge in [0.1, 0.15) is 5.82 Å². The van der Waals surface area contributed by atoms with Crippen LogP contribution in [0.3, 0.4) is 0 Å². The van der Waals surface area contributed by atoms with Crippen LogP contribution in [0.2, 0.25) is 5.02 Å². The third-order valence-electron chi connectivity index (χ3n) is 2.58. The van der Waals surface area contributed by atoms with Crippen molar-refractivity contribution < 1.29 is 23.1 Å². The van der Waals surface area contributed by atoms with Crippen LogP contribution in [0.25, 0.3) is 0 Å². The molecule has 4 nitrogen and oxygen atoms in total. The summed E-state index contributed by atoms with van der Waals surface area (Å²) >= 11 is 5.70. The molecule has 0 radical (unpaired) electrons. The van der Waals surface area contributed by atoms with Gasteiger partial charge in [-0.15, -0.1) is 0 Å². The molecule has 1 heterocycles. The summed E-state index contributed by atoms with van der Waals surface area (Å²) in [6.45, 7) is 0. The molecule has 0 fully saturated rings. The number of alkyl halides is 3. The lowest BCUT2D eigenvalue weighted by molar-refractivity contribution is -0.137. The summed E-state index contributed by atoms with van der Waals surface area (Å²) in [5, 5.41) is 9.59. The number of amides is 1. The van der Waals surface area contributed by atoms with Crippen LogP contribution in [0.1, 0.15) is 5.56 Å². The molecule has 1 N–H and O–H groups in total. The summed E-state index contributed by atoms with van der Waals surface area (Å²) in [5.74, 6) is -0.348. The number of anilines is 2. The maximum atomic E-state index is 12.7. The fourth-order valence-electron chi connectivity index (χ4n) is 1.65. The largest absolute Gasteiger partial charge is 0.464 e. The van der Waals surface area contributed by atoms with Gasteiger partial charge in [-0.3, -0.25) is 0 Å². The fourth-order valence-corrected chi connectivity index (χ4v) is 1.77. The van der Waals surface area contributed by atoms with E-state index in [1.165, 1.54) is 24.3 Å². The Balaban J connectivity index is 2.49. The molecule has 0 saturated carbocycles. The summed E-state index contributed by atoms with van der Waals surface area (Å²) in [7, 11) is 0. The molecule has 0 unspecified atom stereocenters. The predicted octanol–water partition coefficient (Wildman–Crippen LogP) is 4.57. The second kappa shape index (κ2) is 5.61. The number of halogens is 4. The first kappa shape index (κ1) is 15.1. The highest BCUT2D eigenvalue weighted by molar-refractivity contribution is 6.30. The number of carbonyl (C=O) groups is 1. The average Bonchev–Trinajstić information content (AvgIpc) is 2.40. The molecule has 0 aliphatic rings. The Bertz CT molecular complexity index is 659. The molecule has 0 spiro atoms. The van der Waals surface area contributed by atoms with Crippen molar-refractivity contribution in [2.24, 2.45) is 0 Å². The SMILES string of the molecule is O=C(O)N(c1ccc(Cl)cc1)c1cc(C(F)(F)F)ccn1. The van der Waals surface area contributed by atoms with E-state index < -0.39 is 17.8 Å². The lowest BCUT2D eigenvalue weighted by atomic mass is 10.2. The summed E-state index contributed by atoms with van der Waals surface area (Å²) in [6.07, 6.45) is -5.13. The van der Waals surface area contributed by atoms with Crippen molar-refractivity contribution in [3.63, 3.8) is 0 Å². The van der Waals surface area contributed by atoms with Gasteiger partial charge in [-0.2, -0.15) is 13.2 Å². The van der Waals surface area contributed by atoms with Gasteiger partial charge >= 0.3 is 12.3 Å². The minimum atomic E-state index is -4.58. The molecule has 110 valence electrons. The van der Waals surface area contributed by atoms with Gasteiger partial charge in [-0.05, 0) is 36.4 Å². The Labute approximate surface area is 122 Å². The number of carboxylic acid groups (broad SMARTS) is 1. The maximum Gasteiger partial charge on any atom is 0.417 e. The van der Waals surface area contributed by atoms with Crippen LogP contribution in [0.4, 0.5) is 29.5 Å². The molecule has 2 rings (SSSR count). The number of pyridine rings is 1. The second-order valence-corrected chi connectivity index (χ2v) is 4.43. The van der Waals surface area contributed by atoms with Gasteiger partial charge in [-0.1, -0.05) is 11.6 Å². The Morgan fingerprint density at radius 2 is 1.81 bits per heavy atom. The molecular formula is C13H8ClF3N2O2. The minimum Gasteiger partial charge on any atom is -0.464 e. The number of nitrogens with zero attached hydrogens (tertiary/aromatic N) is 2. The van der Waals surface area contributed by atoms with Crippen molar-refractivity contribution in [1.29, 1.82) is 0 Å². The number of rotatable bonds is 2. The molecular weight excluding hydrogens is 309 g/mol. The van der Waals surface area contributed by atoms with Crippen LogP contribution >= 0.6 is 11.6 Å². The van der Waals surface area contributed by atoms with Gasteiger partial charge in [0.25, 0.3) is 0 Å². The summed E-state index contributed by atoms with van der Waals surface area (Å²) < 4.78 is 38.0. The minimum absolute atomic E-state index is 0.138. The monoisotopic (exact) mass is 316 g/mol. The fraction of sp³-hybridized carbons (Fsp3) is 0.0769. The molecule has 1 aromatic heterocycles. The lowest BCUT2D eigenvalue weighted by Crippen LogP contribution is -2.25. The third kappa shape index (κ3) is 3.43. The molecule has 21 heavy (non-hydrogen) atoms. The zero-order chi connectivity index (χ0) is 15.6. The smallest absolute Gasteiger partial charge is 0.417 e. The Morgan fingerprint density at radius 1 is 1.19 bits per heavy atom. The molecule has 0 atom stereocenters. The zero-order valence-electron chi connectivity index (χ0n) is 10.3. The summed E-state index contributed by atoms with van der Waals surface area (Å²) in [5.41, 5.74) is -0.841. The van der Waals surface area contributed by atoms with Gasteiger partial charge < -0.3 is 5.11 Å². The van der Waals surface area contributed by atoms with Crippen molar-refractivity contribution in [1.82, 2.24) is 4.98 Å². The molecule has 8 heteroatoms. The third-order valence-corrected chi connectivity index (χ3v) is 2.83. The Morgan fingerprint density at radius 3 is 2.33 bits per heavy atom. The zero-order valence-corrected chi connectivity index (χ0v) is 11.1. The van der Waals surface area contributed by atoms with Crippen molar-refractivity contribution in [2.75, 3.05) is 4.90 Å². The lowest BCUT2D eigenvalue weighted by Gasteiger charge is -2.19. The van der Waals surface area contributed by atoms with E-state index in [2.05, 4.69) is 4.98 Å². The number of hydrogen-bond donors (Lipinski definition) is 1. The van der Waals surface area contributed by atoms with E-state index in [0.29, 0.717) is 16.0 Å². The Kier molecular flexibility index (Phi) is 4.04. The summed E-state index contributed by atoms with van der Waals surface area (Å²) in [4.78, 5) is 15.6. The van der Waals surface area contributed by atoms with Crippen LogP contribution in [0, 0.1) is 0 Å². The van der Waals surface area contributed by atoms with E-state index in [4.69, 9.17) is 11.6 Å². The van der Waals surface area contributed by atoms with Crippen LogP contribution in [0.15, 0.2) is 42.6 Å². The number of aromatic nitrogens is 1. The van der Waals surface area contributed by atoms with E-state index in [-0.39, 0.29) is 11.5 Å². The first-order valence-corrected chi connectivity index (χ1v) is 5.98. The van der Waals surface area contributed by atoms with Gasteiger partial charge in [-0.25, -0.2) is 14.7 Å². The van der Waals surface area contributed by atoms with Crippen molar-refractivity contribution >= 4 is 29.2 Å². The first-order chi connectivity index (χ1) is 9.79. The second-order valence-electron chi connectivity index (χ2n) is 3.99. The van der Waals surface area contributed by atoms with Crippen molar-refractivity contribution in [3.8, 4) is 0 Å². The normalized spacial score (nSPS) is 11.2. The molecule has 0 bridgehead atoms. The van der Waals surface area contributed by atoms with Crippen molar-refractivity contribution in [3.05, 3.63) is 53.2 Å². The predicted molar refractivity (Wildman–Crippen MR) is 70.9 cm³/mol. The van der Waals surface area contributed by atoms with E-state index in [9.17, 15) is 23.1 Å². The first-order valence-electron chi connectivity index (χ1n) is 5.61. The quantitative estimate of drug-likeness (QED) is 0.883. The highest BCUT2D eigenvalue weighted by Crippen LogP contribution is 2.32. The molecule has 0 aliphatic carbocycles. The van der Waals surface area contributed by atoms with Gasteiger partial charge in [0.2, 0.25) is 0 Å². The van der Waals surface area contributed by atoms with Crippen LogP contribution < -0.4 is 4.90 Å². The maximum absolute atomic E-state index is 12.7. The van der Waals surface area contributed by atoms with E-state index in [1.807, 2.05) is 0 Å². The van der Waals surface area contributed by atoms with Gasteiger partial charge in [0.05, 0.1) is 11.3 Å². The average molecular weight is 317 g/mol. The highest BCUT2D eigenvalue weighted by Gasteiger charge is 2.32. The topological polar surface area (TPSA) is 53.4 Å². The van der Waals surface area contributed by atoms with E-state index >= 15 is 0 Å². The number of benzene rings is 1. The van der Waals surface area contributed by atoms with Crippen LogP contribution in [0.5, 0.6) is 0 Å². The van der Waals surface area contributed by atoms with Crippen LogP contribution in [-0.4, -0.2) is 16.2 Å². The highest BCUT2D eigenvalue weighted by atomic mass is 35.5. The standard InChI is InChI=1S/C13H8ClF3N2O2/c14-9-1-3-10(4-2-9)19(12(20)21)11-7-8(5-6-18-11)13(15,16)17/h1-7H,(H,20,21). The molecule has 1 amide bonds. The van der Waals surface area contributed by atoms with Gasteiger partial charge in [0, 0.05) is 11.2 Å². The summed E-state index contributed by atoms with van der Waals surface area (Å²) in [6, 6.07) is 7.05. The number of hydrogen-bond acceptors (Lipinski definition) is 2. The molecule has 0 saturated heterocycles. The molecule has 2 aromatic rings. The van der Waals surface area contributed by atoms with Crippen molar-refractivity contribution in [2.45, 2.75) is 6.18 Å². The Hall–Kier alpha value is -2.28. The molecule has 1 aromatic carbocycles. The van der Waals surface area contributed by atoms with E-state index in [0.717, 1.165) is 12.3 Å². The van der Waals surface area contributed by atoms with Gasteiger partial charge in [0.15, 0.2) is 0 Å². The van der Waals surface area contributed by atoms with Crippen LogP contribution in [-0.2, 0) is 6.18 Å². The van der Waals surface area contributed by atoms with E-state index in [1.54, 1.807) is 0 Å².